The largest absolute Gasteiger partial charge is 0.449 e. The van der Waals surface area contributed by atoms with Gasteiger partial charge in [0, 0.05) is 5.69 Å². The molecule has 7 nitrogen and oxygen atoms in total. The van der Waals surface area contributed by atoms with Crippen LogP contribution in [0.25, 0.3) is 10.8 Å². The minimum atomic E-state index is -1.04. The molecule has 4 aromatic carbocycles. The number of fused-ring (bicyclic) bond motifs is 2. The van der Waals surface area contributed by atoms with Gasteiger partial charge in [0.1, 0.15) is 0 Å². The van der Waals surface area contributed by atoms with Crippen LogP contribution in [0.4, 0.5) is 11.4 Å². The first-order chi connectivity index (χ1) is 16.9. The van der Waals surface area contributed by atoms with Gasteiger partial charge in [-0.2, -0.15) is 0 Å². The topological polar surface area (TPSA) is 92.8 Å². The van der Waals surface area contributed by atoms with Crippen molar-refractivity contribution in [1.29, 1.82) is 0 Å². The zero-order valence-electron chi connectivity index (χ0n) is 18.7. The van der Waals surface area contributed by atoms with Gasteiger partial charge in [-0.15, -0.1) is 0 Å². The number of ether oxygens (including phenoxy) is 1. The van der Waals surface area contributed by atoms with E-state index in [0.29, 0.717) is 22.5 Å². The van der Waals surface area contributed by atoms with Crippen molar-refractivity contribution in [3.63, 3.8) is 0 Å². The van der Waals surface area contributed by atoms with Crippen LogP contribution >= 0.6 is 0 Å². The highest BCUT2D eigenvalue weighted by molar-refractivity contribution is 6.34. The summed E-state index contributed by atoms with van der Waals surface area (Å²) in [6, 6.07) is 25.8. The first-order valence-electron chi connectivity index (χ1n) is 11.0. The maximum absolute atomic E-state index is 12.6. The number of hydrogen-bond acceptors (Lipinski definition) is 5. The molecule has 0 radical (unpaired) electrons. The van der Waals surface area contributed by atoms with Gasteiger partial charge < -0.3 is 10.1 Å². The predicted octanol–water partition coefficient (Wildman–Crippen LogP) is 4.82. The highest BCUT2D eigenvalue weighted by Gasteiger charge is 2.36. The summed E-state index contributed by atoms with van der Waals surface area (Å²) in [5.74, 6) is -1.99. The molecule has 4 aromatic rings. The Morgan fingerprint density at radius 2 is 1.37 bits per heavy atom. The summed E-state index contributed by atoms with van der Waals surface area (Å²) in [5.41, 5.74) is 1.81. The van der Waals surface area contributed by atoms with Gasteiger partial charge in [-0.1, -0.05) is 42.5 Å². The third-order valence-corrected chi connectivity index (χ3v) is 5.83. The lowest BCUT2D eigenvalue weighted by atomic mass is 10.1. The average molecular weight is 464 g/mol. The average Bonchev–Trinajstić information content (AvgIpc) is 3.14. The van der Waals surface area contributed by atoms with Crippen molar-refractivity contribution in [3.05, 3.63) is 108 Å². The molecular formula is C28H20N2O5. The van der Waals surface area contributed by atoms with Gasteiger partial charge in [0.05, 0.1) is 22.4 Å². The Balaban J connectivity index is 1.24. The van der Waals surface area contributed by atoms with Crippen LogP contribution in [0.1, 0.15) is 38.0 Å². The molecule has 0 aromatic heterocycles. The fourth-order valence-electron chi connectivity index (χ4n) is 3.96. The number of benzene rings is 4. The molecule has 0 bridgehead atoms. The SMILES string of the molecule is C[C@H](OC(=O)c1ccc(N2C(=O)c3ccccc3C2=O)cc1)C(=O)Nc1ccc2ccccc2c1. The van der Waals surface area contributed by atoms with Gasteiger partial charge in [0.25, 0.3) is 17.7 Å². The normalized spacial score (nSPS) is 13.5. The summed E-state index contributed by atoms with van der Waals surface area (Å²) in [6.07, 6.45) is -1.04. The third kappa shape index (κ3) is 4.15. The smallest absolute Gasteiger partial charge is 0.338 e. The lowest BCUT2D eigenvalue weighted by Crippen LogP contribution is -2.30. The molecule has 1 heterocycles. The van der Waals surface area contributed by atoms with Gasteiger partial charge >= 0.3 is 5.97 Å². The molecule has 0 saturated heterocycles. The zero-order chi connectivity index (χ0) is 24.5. The molecule has 5 rings (SSSR count). The van der Waals surface area contributed by atoms with Gasteiger partial charge in [-0.3, -0.25) is 14.4 Å². The van der Waals surface area contributed by atoms with E-state index in [2.05, 4.69) is 5.32 Å². The van der Waals surface area contributed by atoms with Crippen LogP contribution < -0.4 is 10.2 Å². The summed E-state index contributed by atoms with van der Waals surface area (Å²) in [6.45, 7) is 1.49. The minimum absolute atomic E-state index is 0.190. The maximum Gasteiger partial charge on any atom is 0.338 e. The highest BCUT2D eigenvalue weighted by atomic mass is 16.5. The van der Waals surface area contributed by atoms with Crippen molar-refractivity contribution in [3.8, 4) is 0 Å². The van der Waals surface area contributed by atoms with E-state index in [1.165, 1.54) is 31.2 Å². The number of nitrogens with zero attached hydrogens (tertiary/aromatic N) is 1. The van der Waals surface area contributed by atoms with Crippen molar-refractivity contribution in [1.82, 2.24) is 0 Å². The Morgan fingerprint density at radius 1 is 0.771 bits per heavy atom. The lowest BCUT2D eigenvalue weighted by Gasteiger charge is -2.16. The second-order valence-corrected chi connectivity index (χ2v) is 8.14. The molecule has 1 aliphatic rings. The van der Waals surface area contributed by atoms with E-state index in [4.69, 9.17) is 4.74 Å². The predicted molar refractivity (Wildman–Crippen MR) is 131 cm³/mol. The van der Waals surface area contributed by atoms with Gasteiger partial charge in [0.15, 0.2) is 6.10 Å². The molecule has 1 aliphatic heterocycles. The van der Waals surface area contributed by atoms with Crippen LogP contribution in [0.5, 0.6) is 0 Å². The molecule has 1 N–H and O–H groups in total. The number of amides is 3. The van der Waals surface area contributed by atoms with Crippen LogP contribution in [-0.4, -0.2) is 29.8 Å². The minimum Gasteiger partial charge on any atom is -0.449 e. The summed E-state index contributed by atoms with van der Waals surface area (Å²) in [5, 5.41) is 4.79. The van der Waals surface area contributed by atoms with Gasteiger partial charge in [-0.05, 0) is 66.2 Å². The molecule has 1 atom stereocenters. The first kappa shape index (κ1) is 22.0. The van der Waals surface area contributed by atoms with Crippen LogP contribution in [0, 0.1) is 0 Å². The van der Waals surface area contributed by atoms with E-state index in [1.807, 2.05) is 36.4 Å². The monoisotopic (exact) mass is 464 g/mol. The van der Waals surface area contributed by atoms with Gasteiger partial charge in [0.2, 0.25) is 0 Å². The summed E-state index contributed by atoms with van der Waals surface area (Å²) in [4.78, 5) is 51.5. The lowest BCUT2D eigenvalue weighted by molar-refractivity contribution is -0.123. The molecule has 0 spiro atoms. The number of nitrogens with one attached hydrogen (secondary N) is 1. The summed E-state index contributed by atoms with van der Waals surface area (Å²) >= 11 is 0. The van der Waals surface area contributed by atoms with E-state index in [1.54, 1.807) is 30.3 Å². The first-order valence-corrected chi connectivity index (χ1v) is 11.0. The van der Waals surface area contributed by atoms with Gasteiger partial charge in [-0.25, -0.2) is 9.69 Å². The summed E-state index contributed by atoms with van der Waals surface area (Å²) in [7, 11) is 0. The van der Waals surface area contributed by atoms with E-state index >= 15 is 0 Å². The molecule has 0 saturated carbocycles. The number of carbonyl (C=O) groups is 4. The molecule has 0 fully saturated rings. The molecule has 7 heteroatoms. The zero-order valence-corrected chi connectivity index (χ0v) is 18.7. The maximum atomic E-state index is 12.6. The second-order valence-electron chi connectivity index (χ2n) is 8.14. The Kier molecular flexibility index (Phi) is 5.58. The quantitative estimate of drug-likeness (QED) is 0.338. The Hall–Kier alpha value is -4.78. The van der Waals surface area contributed by atoms with E-state index in [9.17, 15) is 19.2 Å². The molecule has 35 heavy (non-hydrogen) atoms. The molecule has 172 valence electrons. The number of rotatable bonds is 5. The Bertz CT molecular complexity index is 1460. The highest BCUT2D eigenvalue weighted by Crippen LogP contribution is 2.28. The van der Waals surface area contributed by atoms with E-state index in [-0.39, 0.29) is 5.56 Å². The molecule has 0 aliphatic carbocycles. The van der Waals surface area contributed by atoms with Crippen molar-refractivity contribution >= 4 is 45.8 Å². The number of imide groups is 1. The summed E-state index contributed by atoms with van der Waals surface area (Å²) < 4.78 is 5.32. The van der Waals surface area contributed by atoms with E-state index < -0.39 is 29.8 Å². The second kappa shape index (κ2) is 8.87. The van der Waals surface area contributed by atoms with Crippen LogP contribution in [0.2, 0.25) is 0 Å². The molecule has 0 unspecified atom stereocenters. The third-order valence-electron chi connectivity index (χ3n) is 5.83. The van der Waals surface area contributed by atoms with E-state index in [0.717, 1.165) is 15.7 Å². The number of carbonyl (C=O) groups excluding carboxylic acids is 4. The fraction of sp³-hybridized carbons (Fsp3) is 0.0714. The Labute approximate surface area is 200 Å². The molecule has 3 amide bonds. The van der Waals surface area contributed by atoms with Crippen LogP contribution in [0.15, 0.2) is 91.0 Å². The van der Waals surface area contributed by atoms with Crippen LogP contribution in [-0.2, 0) is 9.53 Å². The standard InChI is InChI=1S/C28H20N2O5/c1-17(25(31)29-21-13-10-18-6-2-3-7-20(18)16-21)35-28(34)19-11-14-22(15-12-19)30-26(32)23-8-4-5-9-24(23)27(30)33/h2-17H,1H3,(H,29,31)/t17-/m0/s1. The van der Waals surface area contributed by atoms with Crippen molar-refractivity contribution in [2.45, 2.75) is 13.0 Å². The van der Waals surface area contributed by atoms with Crippen molar-refractivity contribution in [2.24, 2.45) is 0 Å². The van der Waals surface area contributed by atoms with Crippen molar-refractivity contribution < 1.29 is 23.9 Å². The number of hydrogen-bond donors (Lipinski definition) is 1. The van der Waals surface area contributed by atoms with Crippen molar-refractivity contribution in [2.75, 3.05) is 10.2 Å². The molecular weight excluding hydrogens is 444 g/mol. The number of anilines is 2. The fourth-order valence-corrected chi connectivity index (χ4v) is 3.96. The number of esters is 1. The van der Waals surface area contributed by atoms with Crippen LogP contribution in [0.3, 0.4) is 0 Å². The Morgan fingerprint density at radius 3 is 2.03 bits per heavy atom.